The van der Waals surface area contributed by atoms with E-state index >= 15 is 0 Å². The van der Waals surface area contributed by atoms with Gasteiger partial charge in [-0.1, -0.05) is 0 Å². The zero-order chi connectivity index (χ0) is 16.8. The van der Waals surface area contributed by atoms with Crippen LogP contribution in [0.3, 0.4) is 0 Å². The van der Waals surface area contributed by atoms with E-state index in [2.05, 4.69) is 4.98 Å². The number of amides is 3. The topological polar surface area (TPSA) is 53.5 Å². The second-order valence-corrected chi connectivity index (χ2v) is 5.18. The first kappa shape index (κ1) is 16.3. The largest absolute Gasteiger partial charge is 0.418 e. The molecule has 0 aromatic carbocycles. The monoisotopic (exact) mass is 315 g/mol. The van der Waals surface area contributed by atoms with Crippen LogP contribution in [0.15, 0.2) is 6.07 Å². The molecule has 1 fully saturated rings. The minimum absolute atomic E-state index is 0.0386. The van der Waals surface area contributed by atoms with Crippen LogP contribution in [0.25, 0.3) is 0 Å². The molecule has 8 heteroatoms. The number of urea groups is 1. The van der Waals surface area contributed by atoms with Crippen molar-refractivity contribution in [1.29, 1.82) is 0 Å². The molecule has 2 heterocycles. The highest BCUT2D eigenvalue weighted by atomic mass is 19.4. The maximum Gasteiger partial charge on any atom is 0.418 e. The zero-order valence-electron chi connectivity index (χ0n) is 12.7. The van der Waals surface area contributed by atoms with E-state index in [9.17, 15) is 22.8 Å². The fourth-order valence-corrected chi connectivity index (χ4v) is 2.52. The molecule has 1 saturated heterocycles. The Morgan fingerprint density at radius 3 is 2.32 bits per heavy atom. The number of likely N-dealkylation sites (N-methyl/N-ethyl adjacent to an activating group) is 1. The highest BCUT2D eigenvalue weighted by molar-refractivity contribution is 6.21. The molecule has 0 aliphatic carbocycles. The first-order valence-corrected chi connectivity index (χ1v) is 6.79. The number of nitrogens with zero attached hydrogens (tertiary/aromatic N) is 3. The van der Waals surface area contributed by atoms with E-state index in [0.29, 0.717) is 6.54 Å². The fraction of sp³-hybridized carbons (Fsp3) is 0.500. The van der Waals surface area contributed by atoms with Crippen LogP contribution in [0.5, 0.6) is 0 Å². The van der Waals surface area contributed by atoms with Crippen LogP contribution >= 0.6 is 0 Å². The summed E-state index contributed by atoms with van der Waals surface area (Å²) in [7, 11) is 0. The van der Waals surface area contributed by atoms with E-state index < -0.39 is 29.7 Å². The number of rotatable bonds is 2. The molecule has 22 heavy (non-hydrogen) atoms. The SMILES string of the molecule is CCN1C(=O)N(c2nc(C)c(C(F)(F)F)cc2C)C(=O)C1C. The Labute approximate surface area is 125 Å². The molecule has 1 aromatic rings. The molecule has 2 rings (SSSR count). The van der Waals surface area contributed by atoms with Crippen LogP contribution in [0, 0.1) is 13.8 Å². The van der Waals surface area contributed by atoms with Crippen LogP contribution in [0.2, 0.25) is 0 Å². The first-order chi connectivity index (χ1) is 10.1. The molecule has 1 atom stereocenters. The number of hydrogen-bond donors (Lipinski definition) is 0. The van der Waals surface area contributed by atoms with Gasteiger partial charge in [-0.25, -0.2) is 14.7 Å². The predicted octanol–water partition coefficient (Wildman–Crippen LogP) is 2.89. The third-order valence-corrected chi connectivity index (χ3v) is 3.72. The van der Waals surface area contributed by atoms with Crippen molar-refractivity contribution in [1.82, 2.24) is 9.88 Å². The quantitative estimate of drug-likeness (QED) is 0.789. The van der Waals surface area contributed by atoms with E-state index in [4.69, 9.17) is 0 Å². The molecule has 0 bridgehead atoms. The molecule has 0 radical (unpaired) electrons. The lowest BCUT2D eigenvalue weighted by Gasteiger charge is -2.19. The lowest BCUT2D eigenvalue weighted by atomic mass is 10.1. The number of carbonyl (C=O) groups is 2. The van der Waals surface area contributed by atoms with Crippen molar-refractivity contribution in [2.24, 2.45) is 0 Å². The maximum absolute atomic E-state index is 12.9. The molecular formula is C14H16F3N3O2. The minimum atomic E-state index is -4.53. The summed E-state index contributed by atoms with van der Waals surface area (Å²) in [5.74, 6) is -0.523. The standard InChI is InChI=1S/C14H16F3N3O2/c1-5-19-9(4)12(21)20(13(19)22)11-7(2)6-10(8(3)18-11)14(15,16)17/h6,9H,5H2,1-4H3. The van der Waals surface area contributed by atoms with Gasteiger partial charge in [-0.15, -0.1) is 0 Å². The number of hydrogen-bond acceptors (Lipinski definition) is 3. The summed E-state index contributed by atoms with van der Waals surface area (Å²) in [6, 6.07) is -0.298. The maximum atomic E-state index is 12.9. The van der Waals surface area contributed by atoms with Gasteiger partial charge < -0.3 is 4.90 Å². The van der Waals surface area contributed by atoms with Gasteiger partial charge in [0.1, 0.15) is 11.9 Å². The van der Waals surface area contributed by atoms with Crippen LogP contribution in [0.1, 0.15) is 30.7 Å². The Morgan fingerprint density at radius 2 is 1.86 bits per heavy atom. The van der Waals surface area contributed by atoms with E-state index in [1.54, 1.807) is 13.8 Å². The highest BCUT2D eigenvalue weighted by Crippen LogP contribution is 2.35. The number of halogens is 3. The summed E-state index contributed by atoms with van der Waals surface area (Å²) in [4.78, 5) is 30.6. The normalized spacial score (nSPS) is 19.3. The molecular weight excluding hydrogens is 299 g/mol. The molecule has 1 aliphatic heterocycles. The highest BCUT2D eigenvalue weighted by Gasteiger charge is 2.44. The van der Waals surface area contributed by atoms with Gasteiger partial charge in [-0.2, -0.15) is 13.2 Å². The van der Waals surface area contributed by atoms with E-state index in [-0.39, 0.29) is 17.1 Å². The fourth-order valence-electron chi connectivity index (χ4n) is 2.52. The predicted molar refractivity (Wildman–Crippen MR) is 73.4 cm³/mol. The van der Waals surface area contributed by atoms with Crippen molar-refractivity contribution in [2.75, 3.05) is 11.4 Å². The Balaban J connectivity index is 2.53. The van der Waals surface area contributed by atoms with Gasteiger partial charge in [0.05, 0.1) is 11.3 Å². The van der Waals surface area contributed by atoms with Crippen molar-refractivity contribution in [2.45, 2.75) is 39.9 Å². The number of imide groups is 1. The summed E-state index contributed by atoms with van der Waals surface area (Å²) in [5, 5.41) is 0. The second kappa shape index (κ2) is 5.26. The Bertz CT molecular complexity index is 643. The van der Waals surface area contributed by atoms with Gasteiger partial charge >= 0.3 is 12.2 Å². The van der Waals surface area contributed by atoms with Gasteiger partial charge in [0.15, 0.2) is 0 Å². The van der Waals surface area contributed by atoms with Gasteiger partial charge in [0.2, 0.25) is 0 Å². The zero-order valence-corrected chi connectivity index (χ0v) is 12.7. The number of aromatic nitrogens is 1. The van der Waals surface area contributed by atoms with Crippen molar-refractivity contribution in [3.05, 3.63) is 22.9 Å². The van der Waals surface area contributed by atoms with Gasteiger partial charge in [0, 0.05) is 6.54 Å². The average Bonchev–Trinajstić information content (AvgIpc) is 2.61. The molecule has 5 nitrogen and oxygen atoms in total. The van der Waals surface area contributed by atoms with Crippen molar-refractivity contribution in [3.8, 4) is 0 Å². The molecule has 3 amide bonds. The van der Waals surface area contributed by atoms with Crippen LogP contribution in [-0.4, -0.2) is 34.4 Å². The summed E-state index contributed by atoms with van der Waals surface area (Å²) < 4.78 is 38.6. The molecule has 0 saturated carbocycles. The van der Waals surface area contributed by atoms with Crippen LogP contribution < -0.4 is 4.90 Å². The van der Waals surface area contributed by atoms with Gasteiger partial charge in [0.25, 0.3) is 5.91 Å². The van der Waals surface area contributed by atoms with Gasteiger partial charge in [-0.05, 0) is 39.3 Å². The number of pyridine rings is 1. The average molecular weight is 315 g/mol. The lowest BCUT2D eigenvalue weighted by molar-refractivity contribution is -0.138. The van der Waals surface area contributed by atoms with E-state index in [1.807, 2.05) is 0 Å². The number of aryl methyl sites for hydroxylation is 2. The third kappa shape index (κ3) is 2.42. The van der Waals surface area contributed by atoms with Crippen LogP contribution in [-0.2, 0) is 11.0 Å². The van der Waals surface area contributed by atoms with Crippen LogP contribution in [0.4, 0.5) is 23.8 Å². The Hall–Kier alpha value is -2.12. The third-order valence-electron chi connectivity index (χ3n) is 3.72. The summed E-state index contributed by atoms with van der Waals surface area (Å²) >= 11 is 0. The molecule has 0 spiro atoms. The molecule has 120 valence electrons. The molecule has 0 N–H and O–H groups in total. The summed E-state index contributed by atoms with van der Waals surface area (Å²) in [6.45, 7) is 6.25. The van der Waals surface area contributed by atoms with E-state index in [1.165, 1.54) is 18.7 Å². The first-order valence-electron chi connectivity index (χ1n) is 6.79. The van der Waals surface area contributed by atoms with Crippen molar-refractivity contribution in [3.63, 3.8) is 0 Å². The molecule has 1 aromatic heterocycles. The van der Waals surface area contributed by atoms with E-state index in [0.717, 1.165) is 11.0 Å². The Kier molecular flexibility index (Phi) is 3.88. The smallest absolute Gasteiger partial charge is 0.312 e. The Morgan fingerprint density at radius 1 is 1.27 bits per heavy atom. The van der Waals surface area contributed by atoms with Crippen molar-refractivity contribution < 1.29 is 22.8 Å². The number of carbonyl (C=O) groups excluding carboxylic acids is 2. The minimum Gasteiger partial charge on any atom is -0.312 e. The molecule has 1 aliphatic rings. The lowest BCUT2D eigenvalue weighted by Crippen LogP contribution is -2.34. The summed E-state index contributed by atoms with van der Waals surface area (Å²) in [5.41, 5.74) is -1.01. The second-order valence-electron chi connectivity index (χ2n) is 5.18. The number of anilines is 1. The molecule has 1 unspecified atom stereocenters. The van der Waals surface area contributed by atoms with Crippen molar-refractivity contribution >= 4 is 17.8 Å². The number of alkyl halides is 3. The summed E-state index contributed by atoms with van der Waals surface area (Å²) in [6.07, 6.45) is -4.53. The van der Waals surface area contributed by atoms with Gasteiger partial charge in [-0.3, -0.25) is 4.79 Å².